The van der Waals surface area contributed by atoms with E-state index in [1.165, 1.54) is 37.3 Å². The number of ether oxygens (including phenoxy) is 2. The molecule has 1 fully saturated rings. The Morgan fingerprint density at radius 1 is 0.939 bits per heavy atom. The van der Waals surface area contributed by atoms with Gasteiger partial charge in [0.1, 0.15) is 28.6 Å². The summed E-state index contributed by atoms with van der Waals surface area (Å²) in [6, 6.07) is 16.6. The van der Waals surface area contributed by atoms with Crippen LogP contribution in [-0.2, 0) is 9.59 Å². The van der Waals surface area contributed by atoms with Crippen molar-refractivity contribution in [1.29, 1.82) is 0 Å². The first-order chi connectivity index (χ1) is 15.9. The van der Waals surface area contributed by atoms with Crippen LogP contribution in [0.3, 0.4) is 0 Å². The second-order valence-corrected chi connectivity index (χ2v) is 7.60. The van der Waals surface area contributed by atoms with Gasteiger partial charge in [0.05, 0.1) is 25.8 Å². The van der Waals surface area contributed by atoms with E-state index in [2.05, 4.69) is 0 Å². The number of amides is 1. The first kappa shape index (κ1) is 22.1. The molecule has 0 spiro atoms. The summed E-state index contributed by atoms with van der Waals surface area (Å²) in [7, 11) is 2.85. The van der Waals surface area contributed by atoms with Crippen molar-refractivity contribution in [3.63, 3.8) is 0 Å². The molecule has 4 rings (SSSR count). The molecule has 1 saturated heterocycles. The summed E-state index contributed by atoms with van der Waals surface area (Å²) in [5.41, 5.74) is 1.70. The average molecular weight is 447 g/mol. The molecule has 0 radical (unpaired) electrons. The molecule has 0 bridgehead atoms. The van der Waals surface area contributed by atoms with Crippen molar-refractivity contribution in [2.24, 2.45) is 0 Å². The normalized spacial score (nSPS) is 17.3. The fraction of sp³-hybridized carbons (Fsp3) is 0.154. The average Bonchev–Trinajstić information content (AvgIpc) is 3.08. The van der Waals surface area contributed by atoms with Crippen molar-refractivity contribution < 1.29 is 28.6 Å². The van der Waals surface area contributed by atoms with E-state index >= 15 is 0 Å². The Balaban J connectivity index is 2.03. The van der Waals surface area contributed by atoms with Gasteiger partial charge in [-0.1, -0.05) is 42.0 Å². The molecule has 6 nitrogen and oxygen atoms in total. The largest absolute Gasteiger partial charge is 0.506 e. The summed E-state index contributed by atoms with van der Waals surface area (Å²) in [6.07, 6.45) is 0. The monoisotopic (exact) mass is 447 g/mol. The van der Waals surface area contributed by atoms with Crippen molar-refractivity contribution in [1.82, 2.24) is 0 Å². The zero-order valence-corrected chi connectivity index (χ0v) is 18.3. The molecule has 0 aliphatic carbocycles. The van der Waals surface area contributed by atoms with E-state index < -0.39 is 29.3 Å². The van der Waals surface area contributed by atoms with Crippen molar-refractivity contribution in [3.8, 4) is 11.5 Å². The van der Waals surface area contributed by atoms with Crippen LogP contribution in [0.15, 0.2) is 72.3 Å². The number of carbonyl (C=O) groups is 2. The summed E-state index contributed by atoms with van der Waals surface area (Å²) in [5.74, 6) is -2.21. The molecule has 1 atom stereocenters. The third kappa shape index (κ3) is 3.82. The second-order valence-electron chi connectivity index (χ2n) is 7.60. The van der Waals surface area contributed by atoms with Crippen LogP contribution in [0, 0.1) is 12.7 Å². The van der Waals surface area contributed by atoms with Crippen LogP contribution in [0.4, 0.5) is 10.1 Å². The fourth-order valence-corrected chi connectivity index (χ4v) is 4.10. The Morgan fingerprint density at radius 2 is 1.58 bits per heavy atom. The van der Waals surface area contributed by atoms with E-state index in [1.807, 2.05) is 19.1 Å². The molecule has 1 N–H and O–H groups in total. The Hall–Kier alpha value is -4.13. The number of aliphatic hydroxyl groups excluding tert-OH is 1. The number of hydrogen-bond donors (Lipinski definition) is 1. The molecule has 168 valence electrons. The summed E-state index contributed by atoms with van der Waals surface area (Å²) in [4.78, 5) is 27.7. The molecule has 3 aromatic carbocycles. The number of rotatable bonds is 5. The van der Waals surface area contributed by atoms with Crippen LogP contribution >= 0.6 is 0 Å². The standard InChI is InChI=1S/C26H22FNO5/c1-15-7-4-8-16(13-15)23-22(24(29)21-19(32-2)11-6-12-20(21)33-3)25(30)26(31)28(23)18-10-5-9-17(27)14-18/h4-14,23,29H,1-3H3/b24-22+. The van der Waals surface area contributed by atoms with Gasteiger partial charge in [-0.05, 0) is 42.8 Å². The number of ketones is 1. The highest BCUT2D eigenvalue weighted by Crippen LogP contribution is 2.45. The van der Waals surface area contributed by atoms with Gasteiger partial charge in [0, 0.05) is 5.69 Å². The lowest BCUT2D eigenvalue weighted by Crippen LogP contribution is -2.29. The zero-order valence-electron chi connectivity index (χ0n) is 18.3. The predicted molar refractivity (Wildman–Crippen MR) is 122 cm³/mol. The third-order valence-electron chi connectivity index (χ3n) is 5.55. The topological polar surface area (TPSA) is 76.1 Å². The smallest absolute Gasteiger partial charge is 0.300 e. The Morgan fingerprint density at radius 3 is 2.18 bits per heavy atom. The number of hydrogen-bond acceptors (Lipinski definition) is 5. The third-order valence-corrected chi connectivity index (χ3v) is 5.55. The number of aryl methyl sites for hydroxylation is 1. The highest BCUT2D eigenvalue weighted by Gasteiger charge is 2.47. The number of nitrogens with zero attached hydrogens (tertiary/aromatic N) is 1. The van der Waals surface area contributed by atoms with Crippen molar-refractivity contribution in [3.05, 3.63) is 94.8 Å². The lowest BCUT2D eigenvalue weighted by atomic mass is 9.93. The van der Waals surface area contributed by atoms with E-state index in [-0.39, 0.29) is 28.3 Å². The van der Waals surface area contributed by atoms with Gasteiger partial charge < -0.3 is 14.6 Å². The minimum absolute atomic E-state index is 0.141. The molecule has 1 aliphatic heterocycles. The Bertz CT molecular complexity index is 1260. The molecule has 1 aliphatic rings. The molecular weight excluding hydrogens is 425 g/mol. The zero-order chi connectivity index (χ0) is 23.7. The molecule has 1 heterocycles. The van der Waals surface area contributed by atoms with Crippen LogP contribution in [-0.4, -0.2) is 31.0 Å². The molecule has 0 aromatic heterocycles. The molecule has 7 heteroatoms. The number of anilines is 1. The maximum Gasteiger partial charge on any atom is 0.300 e. The number of Topliss-reactive ketones (excluding diaryl/α,β-unsaturated/α-hetero) is 1. The van der Waals surface area contributed by atoms with Crippen molar-refractivity contribution >= 4 is 23.1 Å². The van der Waals surface area contributed by atoms with Gasteiger partial charge in [-0.3, -0.25) is 14.5 Å². The molecule has 1 unspecified atom stereocenters. The highest BCUT2D eigenvalue weighted by atomic mass is 19.1. The number of benzene rings is 3. The lowest BCUT2D eigenvalue weighted by Gasteiger charge is -2.26. The molecule has 3 aromatic rings. The highest BCUT2D eigenvalue weighted by molar-refractivity contribution is 6.51. The van der Waals surface area contributed by atoms with Gasteiger partial charge in [-0.25, -0.2) is 4.39 Å². The summed E-state index contributed by atoms with van der Waals surface area (Å²) in [5, 5.41) is 11.4. The van der Waals surface area contributed by atoms with E-state index in [0.29, 0.717) is 5.56 Å². The summed E-state index contributed by atoms with van der Waals surface area (Å²) >= 11 is 0. The minimum atomic E-state index is -0.985. The van der Waals surface area contributed by atoms with Gasteiger partial charge in [0.15, 0.2) is 0 Å². The van der Waals surface area contributed by atoms with Gasteiger partial charge in [-0.15, -0.1) is 0 Å². The quantitative estimate of drug-likeness (QED) is 0.346. The van der Waals surface area contributed by atoms with Gasteiger partial charge in [0.25, 0.3) is 11.7 Å². The number of carbonyl (C=O) groups excluding carboxylic acids is 2. The maximum absolute atomic E-state index is 14.0. The maximum atomic E-state index is 14.0. The van der Waals surface area contributed by atoms with Gasteiger partial charge >= 0.3 is 0 Å². The molecular formula is C26H22FNO5. The fourth-order valence-electron chi connectivity index (χ4n) is 4.10. The first-order valence-corrected chi connectivity index (χ1v) is 10.2. The van der Waals surface area contributed by atoms with Gasteiger partial charge in [-0.2, -0.15) is 0 Å². The molecule has 33 heavy (non-hydrogen) atoms. The summed E-state index contributed by atoms with van der Waals surface area (Å²) < 4.78 is 24.8. The van der Waals surface area contributed by atoms with E-state index in [4.69, 9.17) is 9.47 Å². The van der Waals surface area contributed by atoms with Crippen LogP contribution in [0.25, 0.3) is 5.76 Å². The Kier molecular flexibility index (Phi) is 5.87. The molecule has 1 amide bonds. The SMILES string of the molecule is COc1cccc(OC)c1/C(O)=C1\C(=O)C(=O)N(c2cccc(F)c2)C1c1cccc(C)c1. The van der Waals surface area contributed by atoms with E-state index in [9.17, 15) is 19.1 Å². The number of aliphatic hydroxyl groups is 1. The second kappa shape index (κ2) is 8.78. The lowest BCUT2D eigenvalue weighted by molar-refractivity contribution is -0.132. The van der Waals surface area contributed by atoms with Crippen molar-refractivity contribution in [2.75, 3.05) is 19.1 Å². The predicted octanol–water partition coefficient (Wildman–Crippen LogP) is 4.78. The van der Waals surface area contributed by atoms with Crippen molar-refractivity contribution in [2.45, 2.75) is 13.0 Å². The van der Waals surface area contributed by atoms with Crippen LogP contribution in [0.2, 0.25) is 0 Å². The summed E-state index contributed by atoms with van der Waals surface area (Å²) in [6.45, 7) is 1.88. The number of halogens is 1. The minimum Gasteiger partial charge on any atom is -0.506 e. The van der Waals surface area contributed by atoms with Gasteiger partial charge in [0.2, 0.25) is 0 Å². The van der Waals surface area contributed by atoms with Crippen LogP contribution in [0.1, 0.15) is 22.7 Å². The van der Waals surface area contributed by atoms with E-state index in [1.54, 1.807) is 36.4 Å². The van der Waals surface area contributed by atoms with Crippen LogP contribution < -0.4 is 14.4 Å². The van der Waals surface area contributed by atoms with E-state index in [0.717, 1.165) is 5.56 Å². The first-order valence-electron chi connectivity index (χ1n) is 10.2. The molecule has 0 saturated carbocycles. The van der Waals surface area contributed by atoms with Crippen LogP contribution in [0.5, 0.6) is 11.5 Å². The number of methoxy groups -OCH3 is 2. The Labute approximate surface area is 190 Å².